The van der Waals surface area contributed by atoms with E-state index in [4.69, 9.17) is 115 Å². The number of hydrogen-bond acceptors (Lipinski definition) is 19. The Balaban J connectivity index is 0.000000141. The molecule has 0 radical (unpaired) electrons. The van der Waals surface area contributed by atoms with Crippen molar-refractivity contribution >= 4 is 157 Å². The van der Waals surface area contributed by atoms with Gasteiger partial charge < -0.3 is 58.6 Å². The average Bonchev–Trinajstić information content (AvgIpc) is 1.64. The number of rotatable bonds is 18. The number of anilines is 5. The predicted molar refractivity (Wildman–Crippen MR) is 516 cm³/mol. The lowest BCUT2D eigenvalue weighted by Crippen LogP contribution is -2.41. The Morgan fingerprint density at radius 2 is 0.820 bits per heavy atom. The lowest BCUT2D eigenvalue weighted by Gasteiger charge is -2.32. The third kappa shape index (κ3) is 22.2. The van der Waals surface area contributed by atoms with E-state index >= 15 is 0 Å². The fraction of sp³-hybridized carbons (Fsp3) is 0.303. The van der Waals surface area contributed by atoms with Gasteiger partial charge in [0.1, 0.15) is 52.2 Å². The minimum absolute atomic E-state index is 0. The summed E-state index contributed by atoms with van der Waals surface area (Å²) in [4.78, 5) is 79.3. The Kier molecular flexibility index (Phi) is 30.5. The van der Waals surface area contributed by atoms with Gasteiger partial charge in [-0.25, -0.2) is 15.0 Å². The molecule has 29 heteroatoms. The molecule has 7 aliphatic rings. The third-order valence-electron chi connectivity index (χ3n) is 23.9. The molecule has 0 saturated carbocycles. The predicted octanol–water partition coefficient (Wildman–Crippen LogP) is 18.2. The molecule has 7 aliphatic heterocycles. The van der Waals surface area contributed by atoms with E-state index < -0.39 is 18.1 Å². The van der Waals surface area contributed by atoms with E-state index in [2.05, 4.69) is 29.7 Å². The Labute approximate surface area is 782 Å². The molecule has 662 valence electrons. The number of hydrogen-bond donors (Lipinski definition) is 3. The molecule has 10 heterocycles. The minimum Gasteiger partial charge on any atom is -0.497 e. The first-order chi connectivity index (χ1) is 61.1. The van der Waals surface area contributed by atoms with Gasteiger partial charge in [-0.15, -0.1) is 0 Å². The highest BCUT2D eigenvalue weighted by Gasteiger charge is 2.52. The second kappa shape index (κ2) is 41.7. The second-order valence-corrected chi connectivity index (χ2v) is 36.0. The number of benzene rings is 8. The molecule has 4 saturated heterocycles. The second-order valence-electron chi connectivity index (χ2n) is 33.1. The molecule has 18 rings (SSSR count). The van der Waals surface area contributed by atoms with Crippen molar-refractivity contribution in [3.63, 3.8) is 0 Å². The number of carbonyl (C=O) groups is 3. The average molecular weight is 1860 g/mol. The molecule has 6 atom stereocenters. The lowest BCUT2D eigenvalue weighted by atomic mass is 9.80. The first-order valence-corrected chi connectivity index (χ1v) is 44.7. The molecular weight excluding hydrogens is 1760 g/mol. The van der Waals surface area contributed by atoms with Crippen LogP contribution in [0.4, 0.5) is 28.8 Å². The van der Waals surface area contributed by atoms with Crippen LogP contribution in [-0.2, 0) is 62.5 Å². The van der Waals surface area contributed by atoms with Crippen LogP contribution in [0.3, 0.4) is 0 Å². The maximum atomic E-state index is 14.3. The first kappa shape index (κ1) is 93.9. The standard InChI is InChI=1S/C33H30Cl2N4O3.C26H23Cl2N3O2.C24H19Cl3N2O2.C15H23BN2O3.CH4/c1-42-26-10-6-21(7-11-26)19-39-30-12-9-24(34)17-27(30)32(23-8-13-31(36-18-23)38-15-14-25(40)20-38)37-29(33(39)41)16-22-4-2-3-5-28(22)35;27-19-7-5-16-12-24(33)23(11-17-3-1-2-4-22(17)28)30-26(21(16)13-19)18-6-8-25(29-14-18)31-10-9-20(32)15-31;1-31-18-9-6-15(7-10-18)14-29-22-11-8-17(25)13-19(22)23(27)28-21(24(29)30)12-16-4-2-3-5-20(16)26;1-14(2)15(3,4)21-16(20-14)11-5-6-13(17-9-11)18-8-7-12(19)10-18;/h2-13,17-18,25,29,40H,14-16,19-20H2,1H3;1-8,13-14,20,23,32H,9-12,15H2;2-11,13,21H,12,14H2,1H3;5-6,9,12,19H,7-8,10H2,1-4H3;1H4/t25-,29?;20-,23?;;12-;/m11.1./s1. The molecule has 8 aromatic carbocycles. The molecular formula is C99H99BCl7N11O10. The number of aliphatic imine (C=N–C) groups is 3. The van der Waals surface area contributed by atoms with E-state index in [0.717, 1.165) is 129 Å². The highest BCUT2D eigenvalue weighted by atomic mass is 35.5. The van der Waals surface area contributed by atoms with Crippen molar-refractivity contribution < 1.29 is 48.5 Å². The summed E-state index contributed by atoms with van der Waals surface area (Å²) in [5, 5.41) is 33.1. The van der Waals surface area contributed by atoms with Crippen LogP contribution in [0.2, 0.25) is 30.1 Å². The molecule has 2 amide bonds. The van der Waals surface area contributed by atoms with Crippen LogP contribution >= 0.6 is 81.2 Å². The van der Waals surface area contributed by atoms with E-state index in [1.54, 1.807) is 72.8 Å². The molecule has 3 N–H and O–H groups in total. The van der Waals surface area contributed by atoms with Crippen molar-refractivity contribution in [2.24, 2.45) is 15.0 Å². The maximum absolute atomic E-state index is 14.3. The zero-order valence-corrected chi connectivity index (χ0v) is 76.1. The van der Waals surface area contributed by atoms with Gasteiger partial charge in [0.2, 0.25) is 0 Å². The van der Waals surface area contributed by atoms with Crippen LogP contribution in [0.25, 0.3) is 0 Å². The smallest absolute Gasteiger partial charge is 0.496 e. The Morgan fingerprint density at radius 1 is 0.438 bits per heavy atom. The van der Waals surface area contributed by atoms with Crippen molar-refractivity contribution in [1.29, 1.82) is 0 Å². The number of aliphatic hydroxyl groups excluding tert-OH is 3. The number of ether oxygens (including phenoxy) is 2. The van der Waals surface area contributed by atoms with Crippen LogP contribution in [0.5, 0.6) is 11.5 Å². The summed E-state index contributed by atoms with van der Waals surface area (Å²) in [6.45, 7) is 13.0. The fourth-order valence-electron chi connectivity index (χ4n) is 16.1. The van der Waals surface area contributed by atoms with Gasteiger partial charge in [-0.05, 0) is 202 Å². The number of aliphatic hydroxyl groups is 3. The molecule has 3 aromatic heterocycles. The van der Waals surface area contributed by atoms with E-state index in [-0.39, 0.29) is 73.2 Å². The van der Waals surface area contributed by atoms with Gasteiger partial charge in [0.25, 0.3) is 11.8 Å². The first-order valence-electron chi connectivity index (χ1n) is 42.0. The number of fused-ring (bicyclic) bond motifs is 3. The van der Waals surface area contributed by atoms with Crippen LogP contribution in [-0.4, -0.2) is 173 Å². The Bertz CT molecular complexity index is 5890. The van der Waals surface area contributed by atoms with E-state index in [1.165, 1.54) is 0 Å². The summed E-state index contributed by atoms with van der Waals surface area (Å²) in [5.74, 6) is 3.75. The molecule has 128 heavy (non-hydrogen) atoms. The number of β-amino-alcohol motifs (C(OH)–C–C–N with tert-alkyl or cyclic N) is 3. The van der Waals surface area contributed by atoms with Crippen molar-refractivity contribution in [1.82, 2.24) is 15.0 Å². The van der Waals surface area contributed by atoms with E-state index in [0.29, 0.717) is 110 Å². The van der Waals surface area contributed by atoms with E-state index in [9.17, 15) is 29.7 Å². The third-order valence-corrected chi connectivity index (χ3v) is 26.0. The summed E-state index contributed by atoms with van der Waals surface area (Å²) in [7, 11) is 2.87. The van der Waals surface area contributed by atoms with Crippen molar-refractivity contribution in [3.05, 3.63) is 322 Å². The van der Waals surface area contributed by atoms with Gasteiger partial charge in [-0.1, -0.05) is 180 Å². The quantitative estimate of drug-likeness (QED) is 0.0677. The normalized spacial score (nSPS) is 19.7. The number of amides is 2. The Hall–Kier alpha value is -10.3. The summed E-state index contributed by atoms with van der Waals surface area (Å²) in [6.07, 6.45) is 8.13. The van der Waals surface area contributed by atoms with Gasteiger partial charge in [-0.3, -0.25) is 29.4 Å². The monoisotopic (exact) mass is 1860 g/mol. The lowest BCUT2D eigenvalue weighted by molar-refractivity contribution is -0.120. The van der Waals surface area contributed by atoms with Gasteiger partial charge in [0, 0.05) is 147 Å². The zero-order valence-electron chi connectivity index (χ0n) is 70.9. The number of carbonyl (C=O) groups excluding carboxylic acids is 3. The number of halogens is 7. The SMILES string of the molecule is C.CC1(C)OB(c2ccc(N3CC[C@@H](O)C3)nc2)OC1(C)C.COc1ccc(CN2C(=O)C(Cc3ccccc3Cl)N=C(Cl)c3cc(Cl)ccc32)cc1.COc1ccc(CN2C(=O)C(Cc3ccccc3Cl)N=C(c3ccc(N4CC[C@@H](O)C4)nc3)c3cc(Cl)ccc32)cc1.O=C1Cc2ccc(Cl)cc2C(c2ccc(N3CC[C@@H](O)C3)nc2)=NC1Cc1ccccc1Cl. The topological polar surface area (TPSA) is 241 Å². The summed E-state index contributed by atoms with van der Waals surface area (Å²) < 4.78 is 22.6. The molecule has 0 bridgehead atoms. The van der Waals surface area contributed by atoms with Gasteiger partial charge in [0.05, 0.1) is 79.6 Å². The van der Waals surface area contributed by atoms with Crippen LogP contribution in [0, 0.1) is 0 Å². The molecule has 21 nitrogen and oxygen atoms in total. The summed E-state index contributed by atoms with van der Waals surface area (Å²) >= 11 is 44.9. The highest BCUT2D eigenvalue weighted by molar-refractivity contribution is 6.70. The number of nitrogens with zero attached hydrogens (tertiary/aromatic N) is 11. The minimum atomic E-state index is -0.738. The van der Waals surface area contributed by atoms with Crippen molar-refractivity contribution in [2.45, 2.75) is 141 Å². The number of ketones is 1. The number of pyridine rings is 3. The number of Topliss-reactive ketones (excluding diaryl/α,β-unsaturated/α-hetero) is 1. The van der Waals surface area contributed by atoms with Gasteiger partial charge in [0.15, 0.2) is 5.78 Å². The van der Waals surface area contributed by atoms with Crippen molar-refractivity contribution in [3.8, 4) is 11.5 Å². The zero-order chi connectivity index (χ0) is 89.4. The Morgan fingerprint density at radius 3 is 1.23 bits per heavy atom. The summed E-state index contributed by atoms with van der Waals surface area (Å²) in [5.41, 5.74) is 12.2. The van der Waals surface area contributed by atoms with E-state index in [1.807, 2.05) is 210 Å². The fourth-order valence-corrected chi connectivity index (χ4v) is 17.6. The van der Waals surface area contributed by atoms with Crippen LogP contribution in [0.1, 0.15) is 116 Å². The molecule has 3 unspecified atom stereocenters. The molecule has 4 fully saturated rings. The van der Waals surface area contributed by atoms with Crippen molar-refractivity contribution in [2.75, 3.05) is 78.0 Å². The molecule has 0 aliphatic carbocycles. The largest absolute Gasteiger partial charge is 0.497 e. The van der Waals surface area contributed by atoms with Gasteiger partial charge in [-0.2, -0.15) is 0 Å². The molecule has 0 spiro atoms. The number of benzodiazepines with no additional fused rings is 2. The highest BCUT2D eigenvalue weighted by Crippen LogP contribution is 2.40. The number of methoxy groups -OCH3 is 2. The molecule has 11 aromatic rings. The maximum Gasteiger partial charge on any atom is 0.496 e. The van der Waals surface area contributed by atoms with Crippen LogP contribution in [0.15, 0.2) is 246 Å². The number of aromatic nitrogens is 3. The summed E-state index contributed by atoms with van der Waals surface area (Å²) in [6, 6.07) is 63.9. The van der Waals surface area contributed by atoms with Crippen LogP contribution < -0.4 is 39.4 Å². The van der Waals surface area contributed by atoms with Gasteiger partial charge >= 0.3 is 7.12 Å².